The van der Waals surface area contributed by atoms with Gasteiger partial charge >= 0.3 is 0 Å². The maximum absolute atomic E-state index is 11.3. The fourth-order valence-corrected chi connectivity index (χ4v) is 1.52. The van der Waals surface area contributed by atoms with E-state index in [9.17, 15) is 14.4 Å². The standard InChI is InChI=1S/C9H15N3O3/c10-11-7(13)3-2-6-12-8(14)4-1-5-9(12)15/h1-6,10H2,(H,11,13). The molecule has 0 aliphatic carbocycles. The molecule has 0 saturated carbocycles. The molecule has 1 saturated heterocycles. The third kappa shape index (κ3) is 3.32. The van der Waals surface area contributed by atoms with Crippen molar-refractivity contribution in [3.63, 3.8) is 0 Å². The lowest BCUT2D eigenvalue weighted by Gasteiger charge is -2.24. The number of imide groups is 1. The highest BCUT2D eigenvalue weighted by Gasteiger charge is 2.25. The highest BCUT2D eigenvalue weighted by atomic mass is 16.2. The number of carbonyl (C=O) groups is 3. The molecule has 84 valence electrons. The highest BCUT2D eigenvalue weighted by Crippen LogP contribution is 2.12. The zero-order chi connectivity index (χ0) is 11.3. The molecule has 0 unspecified atom stereocenters. The Labute approximate surface area is 87.8 Å². The molecule has 15 heavy (non-hydrogen) atoms. The average Bonchev–Trinajstić information content (AvgIpc) is 2.22. The molecular weight excluding hydrogens is 198 g/mol. The van der Waals surface area contributed by atoms with E-state index in [1.165, 1.54) is 4.90 Å². The third-order valence-corrected chi connectivity index (χ3v) is 2.33. The van der Waals surface area contributed by atoms with Gasteiger partial charge in [-0.2, -0.15) is 0 Å². The summed E-state index contributed by atoms with van der Waals surface area (Å²) in [4.78, 5) is 34.7. The summed E-state index contributed by atoms with van der Waals surface area (Å²) < 4.78 is 0. The van der Waals surface area contributed by atoms with Crippen LogP contribution >= 0.6 is 0 Å². The SMILES string of the molecule is NNC(=O)CCCN1C(=O)CCCC1=O. The molecule has 0 aromatic rings. The molecule has 1 heterocycles. The Kier molecular flexibility index (Phi) is 4.23. The van der Waals surface area contributed by atoms with Crippen LogP contribution in [0.4, 0.5) is 0 Å². The zero-order valence-corrected chi connectivity index (χ0v) is 8.49. The van der Waals surface area contributed by atoms with Gasteiger partial charge in [0, 0.05) is 25.8 Å². The average molecular weight is 213 g/mol. The quantitative estimate of drug-likeness (QED) is 0.279. The number of carbonyl (C=O) groups excluding carboxylic acids is 3. The number of nitrogens with zero attached hydrogens (tertiary/aromatic N) is 1. The van der Waals surface area contributed by atoms with Gasteiger partial charge in [0.15, 0.2) is 0 Å². The largest absolute Gasteiger partial charge is 0.294 e. The minimum absolute atomic E-state index is 0.139. The summed E-state index contributed by atoms with van der Waals surface area (Å²) in [6.45, 7) is 0.311. The van der Waals surface area contributed by atoms with Crippen LogP contribution in [0.25, 0.3) is 0 Å². The minimum Gasteiger partial charge on any atom is -0.294 e. The molecule has 1 aliphatic rings. The van der Waals surface area contributed by atoms with Gasteiger partial charge in [0.1, 0.15) is 0 Å². The van der Waals surface area contributed by atoms with Crippen LogP contribution in [0, 0.1) is 0 Å². The Morgan fingerprint density at radius 2 is 1.93 bits per heavy atom. The summed E-state index contributed by atoms with van der Waals surface area (Å²) in [6.07, 6.45) is 2.18. The first kappa shape index (κ1) is 11.6. The summed E-state index contributed by atoms with van der Waals surface area (Å²) in [5, 5.41) is 0. The van der Waals surface area contributed by atoms with E-state index in [0.717, 1.165) is 0 Å². The normalized spacial score (nSPS) is 16.7. The van der Waals surface area contributed by atoms with E-state index in [1.54, 1.807) is 0 Å². The van der Waals surface area contributed by atoms with Gasteiger partial charge in [-0.25, -0.2) is 5.84 Å². The molecule has 3 amide bonds. The van der Waals surface area contributed by atoms with E-state index in [-0.39, 0.29) is 24.1 Å². The van der Waals surface area contributed by atoms with E-state index < -0.39 is 0 Å². The molecule has 3 N–H and O–H groups in total. The second kappa shape index (κ2) is 5.45. The number of piperidine rings is 1. The molecule has 1 aliphatic heterocycles. The van der Waals surface area contributed by atoms with Crippen LogP contribution in [-0.2, 0) is 14.4 Å². The fraction of sp³-hybridized carbons (Fsp3) is 0.667. The Morgan fingerprint density at radius 1 is 1.33 bits per heavy atom. The van der Waals surface area contributed by atoms with Gasteiger partial charge in [-0.05, 0) is 12.8 Å². The second-order valence-corrected chi connectivity index (χ2v) is 3.46. The lowest BCUT2D eigenvalue weighted by atomic mass is 10.1. The first-order valence-electron chi connectivity index (χ1n) is 4.98. The number of nitrogens with one attached hydrogen (secondary N) is 1. The Hall–Kier alpha value is -1.43. The summed E-state index contributed by atoms with van der Waals surface area (Å²) in [6, 6.07) is 0. The van der Waals surface area contributed by atoms with Gasteiger partial charge in [0.05, 0.1) is 0 Å². The van der Waals surface area contributed by atoms with Crippen LogP contribution in [0.2, 0.25) is 0 Å². The number of nitrogens with two attached hydrogens (primary N) is 1. The van der Waals surface area contributed by atoms with Crippen LogP contribution in [0.5, 0.6) is 0 Å². The number of rotatable bonds is 4. The maximum atomic E-state index is 11.3. The summed E-state index contributed by atoms with van der Waals surface area (Å²) in [5.74, 6) is 4.33. The first-order valence-corrected chi connectivity index (χ1v) is 4.98. The maximum Gasteiger partial charge on any atom is 0.233 e. The molecule has 6 nitrogen and oxygen atoms in total. The molecule has 1 rings (SSSR count). The second-order valence-electron chi connectivity index (χ2n) is 3.46. The van der Waals surface area contributed by atoms with Crippen molar-refractivity contribution >= 4 is 17.7 Å². The molecule has 0 aromatic carbocycles. The topological polar surface area (TPSA) is 92.5 Å². The lowest BCUT2D eigenvalue weighted by molar-refractivity contribution is -0.148. The predicted molar refractivity (Wildman–Crippen MR) is 52.1 cm³/mol. The first-order chi connectivity index (χ1) is 7.15. The van der Waals surface area contributed by atoms with Crippen LogP contribution in [0.15, 0.2) is 0 Å². The number of hydrogen-bond acceptors (Lipinski definition) is 4. The number of amides is 3. The van der Waals surface area contributed by atoms with E-state index in [4.69, 9.17) is 5.84 Å². The Bertz CT molecular complexity index is 262. The molecule has 0 atom stereocenters. The van der Waals surface area contributed by atoms with Gasteiger partial charge in [-0.3, -0.25) is 24.7 Å². The summed E-state index contributed by atoms with van der Waals surface area (Å²) in [7, 11) is 0. The van der Waals surface area contributed by atoms with Crippen molar-refractivity contribution in [2.24, 2.45) is 5.84 Å². The van der Waals surface area contributed by atoms with Crippen molar-refractivity contribution < 1.29 is 14.4 Å². The molecule has 0 radical (unpaired) electrons. The summed E-state index contributed by atoms with van der Waals surface area (Å²) >= 11 is 0. The number of hydrazine groups is 1. The van der Waals surface area contributed by atoms with Crippen molar-refractivity contribution in [2.45, 2.75) is 32.1 Å². The van der Waals surface area contributed by atoms with Crippen molar-refractivity contribution in [1.82, 2.24) is 10.3 Å². The lowest BCUT2D eigenvalue weighted by Crippen LogP contribution is -2.41. The van der Waals surface area contributed by atoms with Crippen LogP contribution in [0.3, 0.4) is 0 Å². The van der Waals surface area contributed by atoms with Gasteiger partial charge < -0.3 is 0 Å². The van der Waals surface area contributed by atoms with Gasteiger partial charge in [-0.15, -0.1) is 0 Å². The molecule has 0 bridgehead atoms. The smallest absolute Gasteiger partial charge is 0.233 e. The van der Waals surface area contributed by atoms with Crippen molar-refractivity contribution in [3.05, 3.63) is 0 Å². The third-order valence-electron chi connectivity index (χ3n) is 2.33. The van der Waals surface area contributed by atoms with Crippen LogP contribution < -0.4 is 11.3 Å². The zero-order valence-electron chi connectivity index (χ0n) is 8.49. The molecule has 0 aromatic heterocycles. The van der Waals surface area contributed by atoms with Crippen molar-refractivity contribution in [2.75, 3.05) is 6.54 Å². The van der Waals surface area contributed by atoms with E-state index in [0.29, 0.717) is 32.2 Å². The van der Waals surface area contributed by atoms with Crippen LogP contribution in [0.1, 0.15) is 32.1 Å². The molecule has 0 spiro atoms. The minimum atomic E-state index is -0.285. The van der Waals surface area contributed by atoms with Crippen molar-refractivity contribution in [3.8, 4) is 0 Å². The monoisotopic (exact) mass is 213 g/mol. The molecule has 6 heteroatoms. The highest BCUT2D eigenvalue weighted by molar-refractivity contribution is 5.97. The van der Waals surface area contributed by atoms with E-state index in [1.807, 2.05) is 5.43 Å². The number of likely N-dealkylation sites (tertiary alicyclic amines) is 1. The molecule has 1 fully saturated rings. The Balaban J connectivity index is 2.33. The van der Waals surface area contributed by atoms with E-state index >= 15 is 0 Å². The van der Waals surface area contributed by atoms with Gasteiger partial charge in [0.25, 0.3) is 0 Å². The van der Waals surface area contributed by atoms with Gasteiger partial charge in [0.2, 0.25) is 17.7 Å². The predicted octanol–water partition coefficient (Wildman–Crippen LogP) is -0.704. The molecular formula is C9H15N3O3. The fourth-order valence-electron chi connectivity index (χ4n) is 1.52. The van der Waals surface area contributed by atoms with Gasteiger partial charge in [-0.1, -0.05) is 0 Å². The van der Waals surface area contributed by atoms with Crippen molar-refractivity contribution in [1.29, 1.82) is 0 Å². The number of hydrogen-bond donors (Lipinski definition) is 2. The summed E-state index contributed by atoms with van der Waals surface area (Å²) in [5.41, 5.74) is 2.00. The Morgan fingerprint density at radius 3 is 2.47 bits per heavy atom. The van der Waals surface area contributed by atoms with E-state index in [2.05, 4.69) is 0 Å². The van der Waals surface area contributed by atoms with Crippen LogP contribution in [-0.4, -0.2) is 29.2 Å².